The summed E-state index contributed by atoms with van der Waals surface area (Å²) in [5, 5.41) is 0. The molecular formula is C14H10Br2O5. The summed E-state index contributed by atoms with van der Waals surface area (Å²) < 4.78 is 16.8. The number of aldehydes is 1. The molecule has 110 valence electrons. The zero-order valence-electron chi connectivity index (χ0n) is 10.9. The lowest BCUT2D eigenvalue weighted by atomic mass is 10.2. The van der Waals surface area contributed by atoms with E-state index in [-0.39, 0.29) is 12.4 Å². The molecule has 2 rings (SSSR count). The van der Waals surface area contributed by atoms with Crippen LogP contribution in [-0.2, 0) is 11.3 Å². The van der Waals surface area contributed by atoms with Gasteiger partial charge in [0.2, 0.25) is 5.76 Å². The maximum atomic E-state index is 11.3. The van der Waals surface area contributed by atoms with E-state index in [1.807, 2.05) is 0 Å². The minimum absolute atomic E-state index is 0.116. The lowest BCUT2D eigenvalue weighted by molar-refractivity contribution is 0.0561. The van der Waals surface area contributed by atoms with Crippen LogP contribution in [0.2, 0.25) is 0 Å². The van der Waals surface area contributed by atoms with Crippen LogP contribution in [0, 0.1) is 0 Å². The quantitative estimate of drug-likeness (QED) is 0.543. The molecule has 0 spiro atoms. The summed E-state index contributed by atoms with van der Waals surface area (Å²) in [6.07, 6.45) is 0.745. The van der Waals surface area contributed by atoms with Gasteiger partial charge in [0.25, 0.3) is 0 Å². The number of esters is 1. The van der Waals surface area contributed by atoms with Crippen LogP contribution in [0.15, 0.2) is 37.6 Å². The van der Waals surface area contributed by atoms with Gasteiger partial charge >= 0.3 is 5.97 Å². The van der Waals surface area contributed by atoms with E-state index in [1.165, 1.54) is 13.2 Å². The van der Waals surface area contributed by atoms with Gasteiger partial charge in [-0.2, -0.15) is 0 Å². The van der Waals surface area contributed by atoms with E-state index >= 15 is 0 Å². The van der Waals surface area contributed by atoms with Crippen molar-refractivity contribution in [3.8, 4) is 5.75 Å². The minimum atomic E-state index is -0.543. The standard InChI is InChI=1S/C14H10Br2O5/c1-19-14(18)12-3-2-9(21-12)7-20-13-10(15)4-8(6-17)5-11(13)16/h2-6H,7H2,1H3. The van der Waals surface area contributed by atoms with Crippen molar-refractivity contribution in [1.82, 2.24) is 0 Å². The Morgan fingerprint density at radius 1 is 1.29 bits per heavy atom. The zero-order valence-corrected chi connectivity index (χ0v) is 14.1. The highest BCUT2D eigenvalue weighted by Crippen LogP contribution is 2.35. The van der Waals surface area contributed by atoms with E-state index < -0.39 is 5.97 Å². The normalized spacial score (nSPS) is 10.2. The lowest BCUT2D eigenvalue weighted by Crippen LogP contribution is -1.99. The molecular weight excluding hydrogens is 408 g/mol. The molecule has 0 aliphatic heterocycles. The Morgan fingerprint density at radius 2 is 1.95 bits per heavy atom. The Labute approximate surface area is 137 Å². The van der Waals surface area contributed by atoms with Gasteiger partial charge in [-0.15, -0.1) is 0 Å². The third-order valence-electron chi connectivity index (χ3n) is 2.56. The SMILES string of the molecule is COC(=O)c1ccc(COc2c(Br)cc(C=O)cc2Br)o1. The molecule has 0 saturated carbocycles. The average molecular weight is 418 g/mol. The fourth-order valence-electron chi connectivity index (χ4n) is 1.59. The Morgan fingerprint density at radius 3 is 2.52 bits per heavy atom. The highest BCUT2D eigenvalue weighted by atomic mass is 79.9. The summed E-state index contributed by atoms with van der Waals surface area (Å²) in [6.45, 7) is 0.134. The number of methoxy groups -OCH3 is 1. The highest BCUT2D eigenvalue weighted by molar-refractivity contribution is 9.11. The Kier molecular flexibility index (Phi) is 5.19. The first-order chi connectivity index (χ1) is 10.0. The predicted octanol–water partition coefficient (Wildman–Crippen LogP) is 3.98. The summed E-state index contributed by atoms with van der Waals surface area (Å²) >= 11 is 6.67. The van der Waals surface area contributed by atoms with Crippen molar-refractivity contribution >= 4 is 44.1 Å². The molecule has 0 fully saturated rings. The first-order valence-electron chi connectivity index (χ1n) is 5.79. The van der Waals surface area contributed by atoms with Crippen LogP contribution in [0.4, 0.5) is 0 Å². The van der Waals surface area contributed by atoms with E-state index in [0.717, 1.165) is 6.29 Å². The van der Waals surface area contributed by atoms with Crippen molar-refractivity contribution < 1.29 is 23.5 Å². The second kappa shape index (κ2) is 6.91. The smallest absolute Gasteiger partial charge is 0.373 e. The molecule has 1 aromatic carbocycles. The van der Waals surface area contributed by atoms with Gasteiger partial charge in [0.15, 0.2) is 0 Å². The molecule has 0 N–H and O–H groups in total. The minimum Gasteiger partial charge on any atom is -0.483 e. The third-order valence-corrected chi connectivity index (χ3v) is 3.74. The van der Waals surface area contributed by atoms with E-state index in [1.54, 1.807) is 18.2 Å². The molecule has 5 nitrogen and oxygen atoms in total. The number of benzene rings is 1. The molecule has 0 aliphatic rings. The van der Waals surface area contributed by atoms with Crippen LogP contribution < -0.4 is 4.74 Å². The van der Waals surface area contributed by atoms with Crippen molar-refractivity contribution in [2.45, 2.75) is 6.61 Å². The fraction of sp³-hybridized carbons (Fsp3) is 0.143. The second-order valence-electron chi connectivity index (χ2n) is 3.98. The molecule has 21 heavy (non-hydrogen) atoms. The molecule has 0 saturated heterocycles. The van der Waals surface area contributed by atoms with Crippen molar-refractivity contribution in [3.63, 3.8) is 0 Å². The lowest BCUT2D eigenvalue weighted by Gasteiger charge is -2.09. The van der Waals surface area contributed by atoms with Gasteiger partial charge in [0.1, 0.15) is 24.4 Å². The van der Waals surface area contributed by atoms with Crippen LogP contribution in [0.5, 0.6) is 5.75 Å². The van der Waals surface area contributed by atoms with Gasteiger partial charge in [-0.25, -0.2) is 4.79 Å². The molecule has 2 aromatic rings. The van der Waals surface area contributed by atoms with E-state index in [2.05, 4.69) is 36.6 Å². The van der Waals surface area contributed by atoms with Crippen molar-refractivity contribution in [2.24, 2.45) is 0 Å². The van der Waals surface area contributed by atoms with Gasteiger partial charge in [-0.3, -0.25) is 4.79 Å². The van der Waals surface area contributed by atoms with Crippen LogP contribution in [-0.4, -0.2) is 19.4 Å². The van der Waals surface area contributed by atoms with Gasteiger partial charge in [0.05, 0.1) is 16.1 Å². The number of hydrogen-bond acceptors (Lipinski definition) is 5. The second-order valence-corrected chi connectivity index (χ2v) is 5.69. The van der Waals surface area contributed by atoms with Gasteiger partial charge in [0, 0.05) is 5.56 Å². The topological polar surface area (TPSA) is 65.7 Å². The molecule has 1 heterocycles. The number of carbonyl (C=O) groups excluding carboxylic acids is 2. The zero-order chi connectivity index (χ0) is 15.4. The molecule has 0 bridgehead atoms. The van der Waals surface area contributed by atoms with Crippen LogP contribution in [0.25, 0.3) is 0 Å². The summed E-state index contributed by atoms with van der Waals surface area (Å²) in [6, 6.07) is 6.45. The average Bonchev–Trinajstić information content (AvgIpc) is 2.94. The van der Waals surface area contributed by atoms with Crippen LogP contribution in [0.1, 0.15) is 26.7 Å². The van der Waals surface area contributed by atoms with E-state index in [0.29, 0.717) is 26.0 Å². The number of hydrogen-bond donors (Lipinski definition) is 0. The molecule has 7 heteroatoms. The van der Waals surface area contributed by atoms with E-state index in [4.69, 9.17) is 9.15 Å². The first kappa shape index (κ1) is 15.8. The predicted molar refractivity (Wildman–Crippen MR) is 81.6 cm³/mol. The fourth-order valence-corrected chi connectivity index (χ4v) is 3.05. The van der Waals surface area contributed by atoms with Gasteiger partial charge in [-0.1, -0.05) is 0 Å². The molecule has 0 aliphatic carbocycles. The maximum Gasteiger partial charge on any atom is 0.373 e. The van der Waals surface area contributed by atoms with E-state index in [9.17, 15) is 9.59 Å². The van der Waals surface area contributed by atoms with Crippen LogP contribution in [0.3, 0.4) is 0 Å². The summed E-state index contributed by atoms with van der Waals surface area (Å²) in [5.41, 5.74) is 0.520. The number of halogens is 2. The van der Waals surface area contributed by atoms with Gasteiger partial charge in [-0.05, 0) is 56.1 Å². The Balaban J connectivity index is 2.11. The molecule has 1 aromatic heterocycles. The molecule has 0 radical (unpaired) electrons. The van der Waals surface area contributed by atoms with Crippen molar-refractivity contribution in [3.05, 3.63) is 50.3 Å². The number of rotatable bonds is 5. The Hall–Kier alpha value is -1.60. The van der Waals surface area contributed by atoms with Crippen molar-refractivity contribution in [1.29, 1.82) is 0 Å². The molecule has 0 amide bonds. The first-order valence-corrected chi connectivity index (χ1v) is 7.37. The largest absolute Gasteiger partial charge is 0.483 e. The molecule has 0 atom stereocenters. The number of carbonyl (C=O) groups is 2. The maximum absolute atomic E-state index is 11.3. The monoisotopic (exact) mass is 416 g/mol. The van der Waals surface area contributed by atoms with Crippen molar-refractivity contribution in [2.75, 3.05) is 7.11 Å². The number of furan rings is 1. The summed E-state index contributed by atoms with van der Waals surface area (Å²) in [7, 11) is 1.28. The highest BCUT2D eigenvalue weighted by Gasteiger charge is 2.13. The number of ether oxygens (including phenoxy) is 2. The van der Waals surface area contributed by atoms with Crippen LogP contribution >= 0.6 is 31.9 Å². The van der Waals surface area contributed by atoms with Gasteiger partial charge < -0.3 is 13.9 Å². The Bertz CT molecular complexity index is 655. The summed E-state index contributed by atoms with van der Waals surface area (Å²) in [5.74, 6) is 0.592. The molecule has 0 unspecified atom stereocenters. The third kappa shape index (κ3) is 3.74. The summed E-state index contributed by atoms with van der Waals surface area (Å²) in [4.78, 5) is 22.0.